The summed E-state index contributed by atoms with van der Waals surface area (Å²) in [5, 5.41) is 19.0. The quantitative estimate of drug-likeness (QED) is 0.0354. The van der Waals surface area contributed by atoms with Gasteiger partial charge in [-0.05, 0) is 51.8 Å². The number of rotatable bonds is 26. The number of nitrogens with one attached hydrogen (secondary N) is 3. The molecule has 0 saturated heterocycles. The van der Waals surface area contributed by atoms with Crippen LogP contribution in [0.5, 0.6) is 11.5 Å². The summed E-state index contributed by atoms with van der Waals surface area (Å²) in [7, 11) is 1.74. The lowest BCUT2D eigenvalue weighted by molar-refractivity contribution is -0.135. The van der Waals surface area contributed by atoms with E-state index >= 15 is 0 Å². The van der Waals surface area contributed by atoms with Crippen LogP contribution < -0.4 is 20.7 Å². The van der Waals surface area contributed by atoms with Gasteiger partial charge in [-0.3, -0.25) is 33.7 Å². The second-order valence-corrected chi connectivity index (χ2v) is 13.9. The maximum atomic E-state index is 13.0. The van der Waals surface area contributed by atoms with E-state index in [0.717, 1.165) is 77.0 Å². The van der Waals surface area contributed by atoms with E-state index in [1.54, 1.807) is 37.1 Å². The highest BCUT2D eigenvalue weighted by atomic mass is 16.5. The van der Waals surface area contributed by atoms with Crippen LogP contribution in [0.15, 0.2) is 36.4 Å². The number of phenols is 1. The molecular formula is C41H56N4O9. The molecule has 2 aromatic rings. The Balaban J connectivity index is 1.15. The number of carbonyl (C=O) groups excluding carboxylic acids is 7. The Hall–Kier alpha value is -4.91. The number of benzene rings is 2. The van der Waals surface area contributed by atoms with Crippen LogP contribution in [0.2, 0.25) is 0 Å². The van der Waals surface area contributed by atoms with E-state index in [4.69, 9.17) is 4.74 Å². The minimum atomic E-state index is -0.643. The summed E-state index contributed by atoms with van der Waals surface area (Å²) in [5.74, 6) is -2.32. The number of phenolic OH excluding ortho intramolecular Hbond substituents is 1. The molecule has 1 aliphatic rings. The number of hydrogen-bond donors (Lipinski definition) is 4. The number of aromatic hydroxyl groups is 1. The van der Waals surface area contributed by atoms with Gasteiger partial charge in [0.25, 0.3) is 0 Å². The molecule has 0 fully saturated rings. The molecule has 0 aliphatic heterocycles. The number of fused-ring (bicyclic) bond motifs is 2. The first-order valence-corrected chi connectivity index (χ1v) is 19.2. The topological polar surface area (TPSA) is 188 Å². The Morgan fingerprint density at radius 1 is 0.611 bits per heavy atom. The zero-order valence-corrected chi connectivity index (χ0v) is 31.8. The average Bonchev–Trinajstić information content (AvgIpc) is 3.14. The summed E-state index contributed by atoms with van der Waals surface area (Å²) >= 11 is 0. The monoisotopic (exact) mass is 748 g/mol. The van der Waals surface area contributed by atoms with Crippen molar-refractivity contribution in [3.8, 4) is 11.5 Å². The standard InChI is InChI=1S/C41H56N4O9/c1-29(46)17-11-7-3-4-8-12-20-34(47)42-27-43-35(48)21-13-9-5-6-10-14-22-36(49)44-28-45(2)26-25-37(50)54-33-24-23-32-38(41(33)53)40(52)31-19-16-15-18-30(31)39(32)51/h15-16,18-19,23-24,53H,3-14,17,20-22,25-28H2,1-2H3,(H,42,47)(H,43,48)(H,44,49). The molecule has 13 nitrogen and oxygen atoms in total. The van der Waals surface area contributed by atoms with Crippen LogP contribution in [0.1, 0.15) is 148 Å². The highest BCUT2D eigenvalue weighted by Crippen LogP contribution is 2.38. The summed E-state index contributed by atoms with van der Waals surface area (Å²) in [4.78, 5) is 87.3. The lowest BCUT2D eigenvalue weighted by Crippen LogP contribution is -2.37. The van der Waals surface area contributed by atoms with Gasteiger partial charge in [-0.25, -0.2) is 0 Å². The lowest BCUT2D eigenvalue weighted by atomic mass is 9.83. The van der Waals surface area contributed by atoms with Crippen molar-refractivity contribution < 1.29 is 43.4 Å². The fraction of sp³-hybridized carbons (Fsp3) is 0.537. The molecule has 2 aromatic carbocycles. The molecule has 54 heavy (non-hydrogen) atoms. The third kappa shape index (κ3) is 15.2. The SMILES string of the molecule is CC(=O)CCCCCCCCC(=O)NCNC(=O)CCCCCCCCC(=O)NCN(C)CCC(=O)Oc1ccc2c(c1O)C(=O)c1ccccc1C2=O. The Kier molecular flexibility index (Phi) is 19.1. The van der Waals surface area contributed by atoms with Gasteiger partial charge in [0.05, 0.1) is 25.3 Å². The largest absolute Gasteiger partial charge is 0.504 e. The molecule has 0 heterocycles. The molecule has 13 heteroatoms. The van der Waals surface area contributed by atoms with Crippen molar-refractivity contribution in [1.29, 1.82) is 0 Å². The highest BCUT2D eigenvalue weighted by Gasteiger charge is 2.33. The van der Waals surface area contributed by atoms with Gasteiger partial charge in [0, 0.05) is 48.9 Å². The van der Waals surface area contributed by atoms with Crippen LogP contribution in [0.3, 0.4) is 0 Å². The molecule has 0 atom stereocenters. The van der Waals surface area contributed by atoms with Gasteiger partial charge in [-0.1, -0.05) is 75.6 Å². The first kappa shape index (κ1) is 43.5. The predicted octanol–water partition coefficient (Wildman–Crippen LogP) is 5.49. The van der Waals surface area contributed by atoms with E-state index in [-0.39, 0.29) is 83.6 Å². The highest BCUT2D eigenvalue weighted by molar-refractivity contribution is 6.29. The lowest BCUT2D eigenvalue weighted by Gasteiger charge is -2.20. The number of Topliss-reactive ketones (excluding diaryl/α,β-unsaturated/α-hetero) is 1. The number of ether oxygens (including phenoxy) is 1. The fourth-order valence-corrected chi connectivity index (χ4v) is 6.14. The van der Waals surface area contributed by atoms with Crippen molar-refractivity contribution in [3.05, 3.63) is 58.7 Å². The third-order valence-electron chi connectivity index (χ3n) is 9.31. The van der Waals surface area contributed by atoms with Gasteiger partial charge < -0.3 is 30.6 Å². The number of ketones is 3. The zero-order chi connectivity index (χ0) is 39.3. The molecular weight excluding hydrogens is 692 g/mol. The Bertz CT molecular complexity index is 1620. The normalized spacial score (nSPS) is 11.8. The predicted molar refractivity (Wildman–Crippen MR) is 203 cm³/mol. The molecule has 0 bridgehead atoms. The molecule has 0 aromatic heterocycles. The van der Waals surface area contributed by atoms with Gasteiger partial charge in [0.15, 0.2) is 23.1 Å². The average molecular weight is 749 g/mol. The number of esters is 1. The molecule has 3 rings (SSSR count). The van der Waals surface area contributed by atoms with Crippen LogP contribution >= 0.6 is 0 Å². The number of amides is 3. The van der Waals surface area contributed by atoms with Crippen molar-refractivity contribution in [3.63, 3.8) is 0 Å². The second-order valence-electron chi connectivity index (χ2n) is 13.9. The van der Waals surface area contributed by atoms with Gasteiger partial charge in [0.2, 0.25) is 17.7 Å². The van der Waals surface area contributed by atoms with Crippen LogP contribution in [-0.2, 0) is 24.0 Å². The van der Waals surface area contributed by atoms with Crippen molar-refractivity contribution in [2.45, 2.75) is 116 Å². The maximum Gasteiger partial charge on any atom is 0.312 e. The van der Waals surface area contributed by atoms with Gasteiger partial charge >= 0.3 is 5.97 Å². The molecule has 0 unspecified atom stereocenters. The number of carbonyl (C=O) groups is 7. The first-order valence-electron chi connectivity index (χ1n) is 19.2. The van der Waals surface area contributed by atoms with Crippen molar-refractivity contribution in [2.24, 2.45) is 0 Å². The molecule has 3 amide bonds. The zero-order valence-electron chi connectivity index (χ0n) is 31.8. The summed E-state index contributed by atoms with van der Waals surface area (Å²) < 4.78 is 5.32. The van der Waals surface area contributed by atoms with Gasteiger partial charge in [0.1, 0.15) is 5.78 Å². The summed E-state index contributed by atoms with van der Waals surface area (Å²) in [5.41, 5.74) is 0.309. The summed E-state index contributed by atoms with van der Waals surface area (Å²) in [6.07, 6.45) is 13.0. The molecule has 1 aliphatic carbocycles. The van der Waals surface area contributed by atoms with E-state index < -0.39 is 17.5 Å². The minimum absolute atomic E-state index is 0.0383. The van der Waals surface area contributed by atoms with E-state index in [9.17, 15) is 38.7 Å². The molecule has 294 valence electrons. The van der Waals surface area contributed by atoms with Gasteiger partial charge in [-0.2, -0.15) is 0 Å². The molecule has 0 spiro atoms. The van der Waals surface area contributed by atoms with Crippen LogP contribution in [0.4, 0.5) is 0 Å². The van der Waals surface area contributed by atoms with Crippen LogP contribution in [0.25, 0.3) is 0 Å². The summed E-state index contributed by atoms with van der Waals surface area (Å²) in [6.45, 7) is 2.26. The number of hydrogen-bond acceptors (Lipinski definition) is 10. The van der Waals surface area contributed by atoms with E-state index in [2.05, 4.69) is 16.0 Å². The third-order valence-corrected chi connectivity index (χ3v) is 9.31. The van der Waals surface area contributed by atoms with Crippen LogP contribution in [0, 0.1) is 0 Å². The second kappa shape index (κ2) is 23.7. The molecule has 0 radical (unpaired) electrons. The van der Waals surface area contributed by atoms with Crippen molar-refractivity contribution >= 4 is 41.0 Å². The fourth-order valence-electron chi connectivity index (χ4n) is 6.14. The Labute approximate surface area is 318 Å². The van der Waals surface area contributed by atoms with Crippen molar-refractivity contribution in [1.82, 2.24) is 20.9 Å². The van der Waals surface area contributed by atoms with E-state index in [1.807, 2.05) is 0 Å². The Morgan fingerprint density at radius 2 is 1.09 bits per heavy atom. The molecule has 0 saturated carbocycles. The Morgan fingerprint density at radius 3 is 1.63 bits per heavy atom. The maximum absolute atomic E-state index is 13.0. The first-order chi connectivity index (χ1) is 26.0. The van der Waals surface area contributed by atoms with E-state index in [1.165, 1.54) is 18.2 Å². The van der Waals surface area contributed by atoms with E-state index in [0.29, 0.717) is 25.7 Å². The molecule has 4 N–H and O–H groups in total. The van der Waals surface area contributed by atoms with Crippen molar-refractivity contribution in [2.75, 3.05) is 26.9 Å². The number of nitrogens with zero attached hydrogens (tertiary/aromatic N) is 1. The number of unbranched alkanes of at least 4 members (excludes halogenated alkanes) is 10. The smallest absolute Gasteiger partial charge is 0.312 e. The minimum Gasteiger partial charge on any atom is -0.504 e. The summed E-state index contributed by atoms with van der Waals surface area (Å²) in [6, 6.07) is 9.03. The van der Waals surface area contributed by atoms with Crippen LogP contribution in [-0.4, -0.2) is 78.0 Å². The van der Waals surface area contributed by atoms with Gasteiger partial charge in [-0.15, -0.1) is 0 Å².